The van der Waals surface area contributed by atoms with Crippen LogP contribution in [0.15, 0.2) is 35.4 Å². The van der Waals surface area contributed by atoms with Crippen molar-refractivity contribution in [3.8, 4) is 22.8 Å². The van der Waals surface area contributed by atoms with Crippen molar-refractivity contribution in [1.82, 2.24) is 19.6 Å². The molecule has 102 valence electrons. The summed E-state index contributed by atoms with van der Waals surface area (Å²) < 4.78 is 11.6. The van der Waals surface area contributed by atoms with Crippen LogP contribution < -0.4 is 15.2 Å². The van der Waals surface area contributed by atoms with Crippen LogP contribution >= 0.6 is 0 Å². The van der Waals surface area contributed by atoms with Gasteiger partial charge in [0.25, 0.3) is 0 Å². The molecule has 0 bridgehead atoms. The van der Waals surface area contributed by atoms with Crippen molar-refractivity contribution >= 4 is 5.65 Å². The molecule has 3 aromatic rings. The number of hydrogen-bond donors (Lipinski definition) is 1. The lowest BCUT2D eigenvalue weighted by molar-refractivity contribution is 0.355. The SMILES string of the molecule is COc1ccc(-c2cc3ncnn3c(=O)[nH]2)cc1OC. The number of nitrogens with zero attached hydrogens (tertiary/aromatic N) is 3. The van der Waals surface area contributed by atoms with Gasteiger partial charge in [-0.15, -0.1) is 0 Å². The van der Waals surface area contributed by atoms with E-state index in [0.717, 1.165) is 5.56 Å². The van der Waals surface area contributed by atoms with Crippen molar-refractivity contribution in [2.75, 3.05) is 14.2 Å². The number of fused-ring (bicyclic) bond motifs is 1. The molecule has 1 aromatic carbocycles. The molecule has 0 unspecified atom stereocenters. The highest BCUT2D eigenvalue weighted by molar-refractivity contribution is 5.66. The first-order valence-electron chi connectivity index (χ1n) is 5.88. The number of aromatic amines is 1. The Morgan fingerprint density at radius 1 is 1.15 bits per heavy atom. The van der Waals surface area contributed by atoms with E-state index in [-0.39, 0.29) is 5.69 Å². The summed E-state index contributed by atoms with van der Waals surface area (Å²) in [6.45, 7) is 0. The highest BCUT2D eigenvalue weighted by Crippen LogP contribution is 2.31. The van der Waals surface area contributed by atoms with E-state index in [1.807, 2.05) is 6.07 Å². The number of rotatable bonds is 3. The van der Waals surface area contributed by atoms with Gasteiger partial charge in [-0.1, -0.05) is 0 Å². The maximum atomic E-state index is 11.9. The fourth-order valence-corrected chi connectivity index (χ4v) is 2.00. The molecule has 7 nitrogen and oxygen atoms in total. The van der Waals surface area contributed by atoms with Gasteiger partial charge in [-0.2, -0.15) is 9.61 Å². The molecule has 2 heterocycles. The Labute approximate surface area is 113 Å². The lowest BCUT2D eigenvalue weighted by Crippen LogP contribution is -2.17. The van der Waals surface area contributed by atoms with Gasteiger partial charge < -0.3 is 14.5 Å². The zero-order chi connectivity index (χ0) is 14.1. The first-order valence-corrected chi connectivity index (χ1v) is 5.88. The highest BCUT2D eigenvalue weighted by atomic mass is 16.5. The van der Waals surface area contributed by atoms with E-state index in [0.29, 0.717) is 22.8 Å². The summed E-state index contributed by atoms with van der Waals surface area (Å²) in [5.74, 6) is 1.22. The van der Waals surface area contributed by atoms with Crippen molar-refractivity contribution in [3.05, 3.63) is 41.1 Å². The standard InChI is InChI=1S/C13H12N4O3/c1-19-10-4-3-8(5-11(10)20-2)9-6-12-14-7-15-17(12)13(18)16-9/h3-7H,1-2H3,(H,16,18). The molecule has 0 spiro atoms. The van der Waals surface area contributed by atoms with Gasteiger partial charge >= 0.3 is 5.69 Å². The van der Waals surface area contributed by atoms with Gasteiger partial charge in [-0.05, 0) is 18.2 Å². The molecule has 0 fully saturated rings. The lowest BCUT2D eigenvalue weighted by Gasteiger charge is -2.09. The zero-order valence-corrected chi connectivity index (χ0v) is 11.0. The van der Waals surface area contributed by atoms with Crippen LogP contribution in [0.1, 0.15) is 0 Å². The van der Waals surface area contributed by atoms with Crippen molar-refractivity contribution in [2.24, 2.45) is 0 Å². The molecule has 0 aliphatic carbocycles. The lowest BCUT2D eigenvalue weighted by atomic mass is 10.1. The van der Waals surface area contributed by atoms with Crippen LogP contribution in [0.4, 0.5) is 0 Å². The van der Waals surface area contributed by atoms with Crippen LogP contribution in [0.5, 0.6) is 11.5 Å². The monoisotopic (exact) mass is 272 g/mol. The second kappa shape index (κ2) is 4.69. The maximum absolute atomic E-state index is 11.9. The van der Waals surface area contributed by atoms with Gasteiger partial charge in [0, 0.05) is 11.6 Å². The molecule has 0 atom stereocenters. The summed E-state index contributed by atoms with van der Waals surface area (Å²) in [4.78, 5) is 18.6. The number of benzene rings is 1. The van der Waals surface area contributed by atoms with Gasteiger partial charge in [-0.25, -0.2) is 9.78 Å². The van der Waals surface area contributed by atoms with E-state index >= 15 is 0 Å². The summed E-state index contributed by atoms with van der Waals surface area (Å²) in [5.41, 5.74) is 1.57. The highest BCUT2D eigenvalue weighted by Gasteiger charge is 2.09. The summed E-state index contributed by atoms with van der Waals surface area (Å²) in [6.07, 6.45) is 1.34. The van der Waals surface area contributed by atoms with E-state index in [9.17, 15) is 4.79 Å². The third kappa shape index (κ3) is 1.89. The number of H-pyrrole nitrogens is 1. The number of hydrogen-bond acceptors (Lipinski definition) is 5. The normalized spacial score (nSPS) is 10.7. The summed E-state index contributed by atoms with van der Waals surface area (Å²) in [5, 5.41) is 3.83. The Balaban J connectivity index is 2.17. The van der Waals surface area contributed by atoms with Crippen molar-refractivity contribution in [1.29, 1.82) is 0 Å². The largest absolute Gasteiger partial charge is 0.493 e. The molecule has 0 aliphatic rings. The van der Waals surface area contributed by atoms with Gasteiger partial charge in [0.15, 0.2) is 17.1 Å². The number of methoxy groups -OCH3 is 2. The second-order valence-electron chi connectivity index (χ2n) is 4.09. The Morgan fingerprint density at radius 2 is 1.95 bits per heavy atom. The summed E-state index contributed by atoms with van der Waals surface area (Å²) >= 11 is 0. The van der Waals surface area contributed by atoms with Crippen molar-refractivity contribution in [2.45, 2.75) is 0 Å². The molecule has 0 radical (unpaired) electrons. The minimum Gasteiger partial charge on any atom is -0.493 e. The molecule has 2 aromatic heterocycles. The molecular weight excluding hydrogens is 260 g/mol. The first-order chi connectivity index (χ1) is 9.72. The minimum absolute atomic E-state index is 0.343. The molecule has 1 N–H and O–H groups in total. The zero-order valence-electron chi connectivity index (χ0n) is 11.0. The number of aromatic nitrogens is 4. The molecule has 0 saturated heterocycles. The Kier molecular flexibility index (Phi) is 2.86. The predicted molar refractivity (Wildman–Crippen MR) is 72.1 cm³/mol. The van der Waals surface area contributed by atoms with E-state index in [4.69, 9.17) is 9.47 Å². The number of nitrogens with one attached hydrogen (secondary N) is 1. The molecule has 0 amide bonds. The summed E-state index contributed by atoms with van der Waals surface area (Å²) in [6, 6.07) is 7.15. The van der Waals surface area contributed by atoms with E-state index in [2.05, 4.69) is 15.1 Å². The van der Waals surface area contributed by atoms with Crippen LogP contribution in [-0.4, -0.2) is 33.8 Å². The molecule has 0 aliphatic heterocycles. The van der Waals surface area contributed by atoms with Crippen LogP contribution in [0.25, 0.3) is 16.9 Å². The Hall–Kier alpha value is -2.83. The Bertz CT molecular complexity index is 822. The average molecular weight is 272 g/mol. The van der Waals surface area contributed by atoms with Gasteiger partial charge in [0.1, 0.15) is 6.33 Å². The Morgan fingerprint density at radius 3 is 2.70 bits per heavy atom. The average Bonchev–Trinajstić information content (AvgIpc) is 2.95. The van der Waals surface area contributed by atoms with Gasteiger partial charge in [0.05, 0.1) is 19.9 Å². The van der Waals surface area contributed by atoms with Crippen LogP contribution in [-0.2, 0) is 0 Å². The van der Waals surface area contributed by atoms with Crippen LogP contribution in [0, 0.1) is 0 Å². The smallest absolute Gasteiger partial charge is 0.348 e. The minimum atomic E-state index is -0.343. The quantitative estimate of drug-likeness (QED) is 0.772. The maximum Gasteiger partial charge on any atom is 0.348 e. The fourth-order valence-electron chi connectivity index (χ4n) is 2.00. The van der Waals surface area contributed by atoms with Gasteiger partial charge in [0.2, 0.25) is 0 Å². The number of ether oxygens (including phenoxy) is 2. The topological polar surface area (TPSA) is 81.5 Å². The molecular formula is C13H12N4O3. The summed E-state index contributed by atoms with van der Waals surface area (Å²) in [7, 11) is 3.13. The molecule has 0 saturated carbocycles. The van der Waals surface area contributed by atoms with E-state index in [1.165, 1.54) is 10.8 Å². The van der Waals surface area contributed by atoms with Crippen molar-refractivity contribution < 1.29 is 9.47 Å². The molecule has 20 heavy (non-hydrogen) atoms. The predicted octanol–water partition coefficient (Wildman–Crippen LogP) is 1.10. The van der Waals surface area contributed by atoms with Crippen LogP contribution in [0.2, 0.25) is 0 Å². The molecule has 7 heteroatoms. The first kappa shape index (κ1) is 12.2. The van der Waals surface area contributed by atoms with Gasteiger partial charge in [-0.3, -0.25) is 0 Å². The van der Waals surface area contributed by atoms with E-state index < -0.39 is 0 Å². The second-order valence-corrected chi connectivity index (χ2v) is 4.09. The molecule has 3 rings (SSSR count). The third-order valence-corrected chi connectivity index (χ3v) is 2.98. The van der Waals surface area contributed by atoms with Crippen molar-refractivity contribution in [3.63, 3.8) is 0 Å². The van der Waals surface area contributed by atoms with Crippen LogP contribution in [0.3, 0.4) is 0 Å². The fraction of sp³-hybridized carbons (Fsp3) is 0.154. The third-order valence-electron chi connectivity index (χ3n) is 2.98. The van der Waals surface area contributed by atoms with E-state index in [1.54, 1.807) is 32.4 Å².